The number of piperidine rings is 1. The van der Waals surface area contributed by atoms with Crippen molar-refractivity contribution in [3.63, 3.8) is 0 Å². The number of hydrogen-bond donors (Lipinski definition) is 1. The van der Waals surface area contributed by atoms with Crippen LogP contribution in [0.3, 0.4) is 0 Å². The maximum absolute atomic E-state index is 13.1. The number of carbonyl (C=O) groups is 1. The van der Waals surface area contributed by atoms with E-state index < -0.39 is 0 Å². The van der Waals surface area contributed by atoms with Gasteiger partial charge in [-0.05, 0) is 73.4 Å². The molecule has 2 aliphatic rings. The zero-order chi connectivity index (χ0) is 20.8. The van der Waals surface area contributed by atoms with Crippen LogP contribution in [0.25, 0.3) is 22.4 Å². The van der Waals surface area contributed by atoms with E-state index in [-0.39, 0.29) is 5.91 Å². The zero-order valence-electron chi connectivity index (χ0n) is 17.2. The Morgan fingerprint density at radius 1 is 0.935 bits per heavy atom. The Balaban J connectivity index is 1.30. The van der Waals surface area contributed by atoms with Crippen LogP contribution >= 0.6 is 0 Å². The predicted octanol–water partition coefficient (Wildman–Crippen LogP) is 4.78. The molecule has 4 heterocycles. The van der Waals surface area contributed by atoms with E-state index >= 15 is 0 Å². The van der Waals surface area contributed by atoms with Gasteiger partial charge in [-0.25, -0.2) is 4.98 Å². The fourth-order valence-corrected chi connectivity index (χ4v) is 4.67. The number of fused-ring (bicyclic) bond motifs is 2. The fourth-order valence-electron chi connectivity index (χ4n) is 4.67. The summed E-state index contributed by atoms with van der Waals surface area (Å²) < 4.78 is 0. The van der Waals surface area contributed by atoms with Crippen molar-refractivity contribution in [3.8, 4) is 11.4 Å². The van der Waals surface area contributed by atoms with Crippen molar-refractivity contribution in [1.29, 1.82) is 0 Å². The number of hydrogen-bond acceptors (Lipinski definition) is 4. The highest BCUT2D eigenvalue weighted by Gasteiger charge is 2.29. The molecule has 154 valence electrons. The van der Waals surface area contributed by atoms with E-state index in [0.717, 1.165) is 52.3 Å². The van der Waals surface area contributed by atoms with Gasteiger partial charge in [-0.1, -0.05) is 0 Å². The summed E-state index contributed by atoms with van der Waals surface area (Å²) >= 11 is 0. The molecule has 1 fully saturated rings. The number of amides is 1. The Labute approximate surface area is 180 Å². The van der Waals surface area contributed by atoms with Crippen LogP contribution in [0.4, 0.5) is 11.4 Å². The average Bonchev–Trinajstić information content (AvgIpc) is 3.40. The monoisotopic (exact) mass is 409 g/mol. The smallest absolute Gasteiger partial charge is 0.258 e. The minimum atomic E-state index is 0.0616. The van der Waals surface area contributed by atoms with Crippen molar-refractivity contribution in [2.24, 2.45) is 0 Å². The van der Waals surface area contributed by atoms with Crippen LogP contribution in [-0.4, -0.2) is 33.9 Å². The Kier molecular flexibility index (Phi) is 4.23. The topological polar surface area (TPSA) is 65.1 Å². The maximum Gasteiger partial charge on any atom is 0.258 e. The molecule has 6 rings (SSSR count). The van der Waals surface area contributed by atoms with Gasteiger partial charge in [0.25, 0.3) is 5.91 Å². The van der Waals surface area contributed by atoms with E-state index in [1.807, 2.05) is 41.3 Å². The summed E-state index contributed by atoms with van der Waals surface area (Å²) in [6.07, 6.45) is 7.34. The van der Waals surface area contributed by atoms with Crippen molar-refractivity contribution in [3.05, 3.63) is 72.1 Å². The fraction of sp³-hybridized carbons (Fsp3) is 0.240. The lowest BCUT2D eigenvalue weighted by molar-refractivity contribution is 0.0996. The molecule has 0 atom stereocenters. The van der Waals surface area contributed by atoms with Gasteiger partial charge in [-0.15, -0.1) is 0 Å². The highest BCUT2D eigenvalue weighted by atomic mass is 16.2. The lowest BCUT2D eigenvalue weighted by atomic mass is 10.1. The first-order chi connectivity index (χ1) is 15.3. The Hall–Kier alpha value is -3.67. The Bertz CT molecular complexity index is 1270. The number of carbonyl (C=O) groups excluding carboxylic acids is 1. The molecule has 0 bridgehead atoms. The van der Waals surface area contributed by atoms with Gasteiger partial charge in [0.2, 0.25) is 0 Å². The summed E-state index contributed by atoms with van der Waals surface area (Å²) in [5.74, 6) is 0.842. The maximum atomic E-state index is 13.1. The molecule has 1 saturated heterocycles. The van der Waals surface area contributed by atoms with Crippen LogP contribution in [0.1, 0.15) is 35.2 Å². The highest BCUT2D eigenvalue weighted by molar-refractivity contribution is 6.10. The van der Waals surface area contributed by atoms with Gasteiger partial charge < -0.3 is 14.8 Å². The number of aromatic amines is 1. The molecule has 0 unspecified atom stereocenters. The van der Waals surface area contributed by atoms with E-state index in [0.29, 0.717) is 6.54 Å². The van der Waals surface area contributed by atoms with Gasteiger partial charge in [0.15, 0.2) is 0 Å². The standard InChI is InChI=1S/C25H23N5O/c31-25-21-8-6-19(29-11-2-1-3-12-29)13-18(21)16-30(25)20-7-9-22-23(14-20)28-24(27-22)17-5-4-10-26-15-17/h4-10,13-15H,1-3,11-12,16H2,(H,27,28). The minimum Gasteiger partial charge on any atom is -0.372 e. The molecule has 2 aliphatic heterocycles. The van der Waals surface area contributed by atoms with Crippen molar-refractivity contribution in [2.75, 3.05) is 22.9 Å². The molecule has 31 heavy (non-hydrogen) atoms. The van der Waals surface area contributed by atoms with Crippen molar-refractivity contribution in [2.45, 2.75) is 25.8 Å². The molecule has 1 amide bonds. The lowest BCUT2D eigenvalue weighted by Gasteiger charge is -2.29. The minimum absolute atomic E-state index is 0.0616. The zero-order valence-corrected chi connectivity index (χ0v) is 17.2. The number of aromatic nitrogens is 3. The molecule has 0 spiro atoms. The summed E-state index contributed by atoms with van der Waals surface area (Å²) in [6, 6.07) is 16.1. The number of nitrogens with zero attached hydrogens (tertiary/aromatic N) is 4. The summed E-state index contributed by atoms with van der Waals surface area (Å²) in [5.41, 5.74) is 6.76. The number of H-pyrrole nitrogens is 1. The largest absolute Gasteiger partial charge is 0.372 e. The highest BCUT2D eigenvalue weighted by Crippen LogP contribution is 2.33. The van der Waals surface area contributed by atoms with Crippen molar-refractivity contribution < 1.29 is 4.79 Å². The van der Waals surface area contributed by atoms with Crippen LogP contribution in [0.5, 0.6) is 0 Å². The number of benzene rings is 2. The van der Waals surface area contributed by atoms with E-state index in [1.54, 1.807) is 12.4 Å². The van der Waals surface area contributed by atoms with Gasteiger partial charge >= 0.3 is 0 Å². The first-order valence-corrected chi connectivity index (χ1v) is 10.9. The van der Waals surface area contributed by atoms with Crippen molar-refractivity contribution >= 4 is 28.3 Å². The second kappa shape index (κ2) is 7.23. The van der Waals surface area contributed by atoms with Gasteiger partial charge in [0.1, 0.15) is 5.82 Å². The van der Waals surface area contributed by atoms with E-state index in [1.165, 1.54) is 24.9 Å². The normalized spacial score (nSPS) is 16.2. The predicted molar refractivity (Wildman–Crippen MR) is 122 cm³/mol. The molecule has 2 aromatic heterocycles. The molecule has 6 nitrogen and oxygen atoms in total. The molecule has 2 aromatic carbocycles. The van der Waals surface area contributed by atoms with Gasteiger partial charge in [-0.2, -0.15) is 0 Å². The summed E-state index contributed by atoms with van der Waals surface area (Å²) in [7, 11) is 0. The number of nitrogens with one attached hydrogen (secondary N) is 1. The van der Waals surface area contributed by atoms with E-state index in [9.17, 15) is 4.79 Å². The van der Waals surface area contributed by atoms with Gasteiger partial charge in [0.05, 0.1) is 17.6 Å². The molecule has 0 saturated carbocycles. The SMILES string of the molecule is O=C1c2ccc(N3CCCCC3)cc2CN1c1ccc2nc(-c3cccnc3)[nH]c2c1. The number of pyridine rings is 1. The average molecular weight is 409 g/mol. The summed E-state index contributed by atoms with van der Waals surface area (Å²) in [4.78, 5) is 29.6. The van der Waals surface area contributed by atoms with E-state index in [4.69, 9.17) is 0 Å². The second-order valence-electron chi connectivity index (χ2n) is 8.31. The molecule has 6 heteroatoms. The first-order valence-electron chi connectivity index (χ1n) is 10.9. The van der Waals surface area contributed by atoms with Gasteiger partial charge in [-0.3, -0.25) is 9.78 Å². The Morgan fingerprint density at radius 3 is 2.65 bits per heavy atom. The molecule has 0 aliphatic carbocycles. The number of imidazole rings is 1. The number of anilines is 2. The molecule has 4 aromatic rings. The summed E-state index contributed by atoms with van der Waals surface area (Å²) in [5, 5.41) is 0. The second-order valence-corrected chi connectivity index (χ2v) is 8.31. The molecular formula is C25H23N5O. The van der Waals surface area contributed by atoms with Crippen molar-refractivity contribution in [1.82, 2.24) is 15.0 Å². The third-order valence-corrected chi connectivity index (χ3v) is 6.33. The van der Waals surface area contributed by atoms with Gasteiger partial charge in [0, 0.05) is 48.0 Å². The van der Waals surface area contributed by atoms with Crippen LogP contribution < -0.4 is 9.80 Å². The summed E-state index contributed by atoms with van der Waals surface area (Å²) in [6.45, 7) is 2.81. The van der Waals surface area contributed by atoms with E-state index in [2.05, 4.69) is 32.0 Å². The third-order valence-electron chi connectivity index (χ3n) is 6.33. The number of rotatable bonds is 3. The quantitative estimate of drug-likeness (QED) is 0.529. The van der Waals surface area contributed by atoms with Crippen LogP contribution in [0.15, 0.2) is 60.9 Å². The van der Waals surface area contributed by atoms with Crippen LogP contribution in [0.2, 0.25) is 0 Å². The lowest BCUT2D eigenvalue weighted by Crippen LogP contribution is -2.29. The third kappa shape index (κ3) is 3.15. The van der Waals surface area contributed by atoms with Crippen LogP contribution in [0, 0.1) is 0 Å². The van der Waals surface area contributed by atoms with Crippen LogP contribution in [-0.2, 0) is 6.54 Å². The molecular weight excluding hydrogens is 386 g/mol. The Morgan fingerprint density at radius 2 is 1.81 bits per heavy atom. The molecule has 1 N–H and O–H groups in total. The molecule has 0 radical (unpaired) electrons. The first kappa shape index (κ1) is 18.1.